The van der Waals surface area contributed by atoms with Gasteiger partial charge in [-0.05, 0) is 23.8 Å². The number of aromatic amines is 1. The van der Waals surface area contributed by atoms with Gasteiger partial charge in [-0.1, -0.05) is 18.2 Å². The van der Waals surface area contributed by atoms with E-state index in [-0.39, 0.29) is 5.91 Å². The van der Waals surface area contributed by atoms with Gasteiger partial charge in [0, 0.05) is 29.5 Å². The number of amides is 1. The number of fused-ring (bicyclic) bond motifs is 1. The number of carbonyl (C=O) groups excluding carboxylic acids is 1. The second-order valence-corrected chi connectivity index (χ2v) is 5.46. The summed E-state index contributed by atoms with van der Waals surface area (Å²) in [6.45, 7) is 0. The molecule has 0 radical (unpaired) electrons. The lowest BCUT2D eigenvalue weighted by Crippen LogP contribution is -2.14. The van der Waals surface area contributed by atoms with Gasteiger partial charge in [0.25, 0.3) is 0 Å². The molecule has 6 nitrogen and oxygen atoms in total. The van der Waals surface area contributed by atoms with Crippen molar-refractivity contribution < 1.29 is 4.79 Å². The van der Waals surface area contributed by atoms with Crippen molar-refractivity contribution in [3.63, 3.8) is 0 Å². The Kier molecular flexibility index (Phi) is 3.55. The Morgan fingerprint density at radius 2 is 2.12 bits per heavy atom. The van der Waals surface area contributed by atoms with Crippen LogP contribution in [0.1, 0.15) is 5.56 Å². The number of pyridine rings is 1. The first-order chi connectivity index (χ1) is 11.8. The predicted molar refractivity (Wildman–Crippen MR) is 92.0 cm³/mol. The molecule has 3 heterocycles. The lowest BCUT2D eigenvalue weighted by molar-refractivity contribution is -0.115. The van der Waals surface area contributed by atoms with Crippen LogP contribution in [0.5, 0.6) is 0 Å². The number of aromatic nitrogens is 4. The molecule has 1 amide bonds. The summed E-state index contributed by atoms with van der Waals surface area (Å²) < 4.78 is 1.80. The highest BCUT2D eigenvalue weighted by molar-refractivity contribution is 5.95. The molecule has 24 heavy (non-hydrogen) atoms. The van der Waals surface area contributed by atoms with Gasteiger partial charge >= 0.3 is 0 Å². The Hall–Kier alpha value is -3.41. The van der Waals surface area contributed by atoms with E-state index in [4.69, 9.17) is 0 Å². The van der Waals surface area contributed by atoms with Crippen molar-refractivity contribution in [2.24, 2.45) is 0 Å². The molecule has 6 heteroatoms. The van der Waals surface area contributed by atoms with Gasteiger partial charge in [0.1, 0.15) is 12.1 Å². The van der Waals surface area contributed by atoms with Crippen molar-refractivity contribution in [1.29, 1.82) is 0 Å². The van der Waals surface area contributed by atoms with Crippen LogP contribution in [0.25, 0.3) is 16.7 Å². The topological polar surface area (TPSA) is 75.6 Å². The second-order valence-electron chi connectivity index (χ2n) is 5.46. The lowest BCUT2D eigenvalue weighted by Gasteiger charge is -2.06. The van der Waals surface area contributed by atoms with Crippen LogP contribution in [-0.2, 0) is 11.2 Å². The van der Waals surface area contributed by atoms with Crippen molar-refractivity contribution in [3.05, 3.63) is 73.1 Å². The number of anilines is 1. The number of carbonyl (C=O) groups is 1. The van der Waals surface area contributed by atoms with Gasteiger partial charge in [-0.2, -0.15) is 0 Å². The Labute approximate surface area is 138 Å². The molecule has 0 spiro atoms. The van der Waals surface area contributed by atoms with Crippen LogP contribution in [0.2, 0.25) is 0 Å². The Morgan fingerprint density at radius 3 is 2.92 bits per heavy atom. The molecule has 0 unspecified atom stereocenters. The summed E-state index contributed by atoms with van der Waals surface area (Å²) in [6, 6.07) is 11.6. The van der Waals surface area contributed by atoms with Crippen LogP contribution in [-0.4, -0.2) is 25.4 Å². The molecular weight excluding hydrogens is 302 g/mol. The molecule has 0 saturated carbocycles. The monoisotopic (exact) mass is 317 g/mol. The van der Waals surface area contributed by atoms with E-state index in [1.165, 1.54) is 0 Å². The highest BCUT2D eigenvalue weighted by Gasteiger charge is 2.09. The van der Waals surface area contributed by atoms with Gasteiger partial charge in [0.2, 0.25) is 5.91 Å². The Bertz CT molecular complexity index is 970. The summed E-state index contributed by atoms with van der Waals surface area (Å²) in [5.74, 6) is 0.680. The summed E-state index contributed by atoms with van der Waals surface area (Å²) in [5.41, 5.74) is 2.68. The van der Waals surface area contributed by atoms with Gasteiger partial charge in [-0.15, -0.1) is 0 Å². The predicted octanol–water partition coefficient (Wildman–Crippen LogP) is 2.93. The number of rotatable bonds is 4. The number of benzene rings is 1. The van der Waals surface area contributed by atoms with E-state index >= 15 is 0 Å². The maximum Gasteiger partial charge on any atom is 0.228 e. The number of hydrogen-bond donors (Lipinski definition) is 2. The number of hydrogen-bond acceptors (Lipinski definition) is 3. The van der Waals surface area contributed by atoms with E-state index in [2.05, 4.69) is 20.3 Å². The molecule has 1 aromatic carbocycles. The molecule has 118 valence electrons. The van der Waals surface area contributed by atoms with Crippen molar-refractivity contribution in [3.8, 4) is 5.82 Å². The average molecular weight is 317 g/mol. The van der Waals surface area contributed by atoms with E-state index in [1.807, 2.05) is 48.8 Å². The Balaban J connectivity index is 1.46. The van der Waals surface area contributed by atoms with Gasteiger partial charge in [0.05, 0.1) is 18.3 Å². The summed E-state index contributed by atoms with van der Waals surface area (Å²) in [7, 11) is 0. The van der Waals surface area contributed by atoms with Crippen LogP contribution >= 0.6 is 0 Å². The van der Waals surface area contributed by atoms with Gasteiger partial charge in [0.15, 0.2) is 0 Å². The van der Waals surface area contributed by atoms with Crippen LogP contribution in [0, 0.1) is 0 Å². The van der Waals surface area contributed by atoms with Crippen LogP contribution in [0.15, 0.2) is 67.5 Å². The third kappa shape index (κ3) is 2.77. The molecule has 4 rings (SSSR count). The molecule has 0 atom stereocenters. The fourth-order valence-corrected chi connectivity index (χ4v) is 2.66. The standard InChI is InChI=1S/C18H15N5O/c24-18(9-13-10-20-16-4-2-1-3-15(13)16)22-14-5-6-17(21-11-14)23-8-7-19-12-23/h1-8,10-12,20H,9H2,(H,22,24). The molecule has 2 N–H and O–H groups in total. The highest BCUT2D eigenvalue weighted by atomic mass is 16.1. The molecule has 3 aromatic heterocycles. The summed E-state index contributed by atoms with van der Waals surface area (Å²) in [4.78, 5) is 23.8. The summed E-state index contributed by atoms with van der Waals surface area (Å²) in [5, 5.41) is 3.95. The summed E-state index contributed by atoms with van der Waals surface area (Å²) >= 11 is 0. The molecule has 0 aliphatic heterocycles. The number of imidazole rings is 1. The van der Waals surface area contributed by atoms with Crippen LogP contribution in [0.3, 0.4) is 0 Å². The fourth-order valence-electron chi connectivity index (χ4n) is 2.66. The van der Waals surface area contributed by atoms with E-state index in [0.29, 0.717) is 12.1 Å². The van der Waals surface area contributed by atoms with Gasteiger partial charge < -0.3 is 10.3 Å². The lowest BCUT2D eigenvalue weighted by atomic mass is 10.1. The van der Waals surface area contributed by atoms with E-state index in [9.17, 15) is 4.79 Å². The molecule has 0 bridgehead atoms. The minimum Gasteiger partial charge on any atom is -0.361 e. The smallest absolute Gasteiger partial charge is 0.228 e. The van der Waals surface area contributed by atoms with Crippen LogP contribution in [0.4, 0.5) is 5.69 Å². The van der Waals surface area contributed by atoms with Crippen molar-refractivity contribution in [1.82, 2.24) is 19.5 Å². The highest BCUT2D eigenvalue weighted by Crippen LogP contribution is 2.18. The zero-order valence-electron chi connectivity index (χ0n) is 12.8. The van der Waals surface area contributed by atoms with E-state index in [0.717, 1.165) is 22.3 Å². The zero-order valence-corrected chi connectivity index (χ0v) is 12.8. The molecule has 0 aliphatic rings. The van der Waals surface area contributed by atoms with Crippen molar-refractivity contribution in [2.45, 2.75) is 6.42 Å². The number of H-pyrrole nitrogens is 1. The minimum atomic E-state index is -0.0723. The maximum atomic E-state index is 12.3. The first-order valence-electron chi connectivity index (χ1n) is 7.59. The molecule has 4 aromatic rings. The average Bonchev–Trinajstić information content (AvgIpc) is 3.26. The first kappa shape index (κ1) is 14.2. The van der Waals surface area contributed by atoms with E-state index in [1.54, 1.807) is 23.3 Å². The fraction of sp³-hybridized carbons (Fsp3) is 0.0556. The SMILES string of the molecule is O=C(Cc1c[nH]c2ccccc12)Nc1ccc(-n2ccnc2)nc1. The zero-order chi connectivity index (χ0) is 16.4. The minimum absolute atomic E-state index is 0.0723. The number of nitrogens with one attached hydrogen (secondary N) is 2. The number of nitrogens with zero attached hydrogens (tertiary/aromatic N) is 3. The third-order valence-electron chi connectivity index (χ3n) is 3.83. The quantitative estimate of drug-likeness (QED) is 0.607. The molecular formula is C18H15N5O. The van der Waals surface area contributed by atoms with Crippen molar-refractivity contribution >= 4 is 22.5 Å². The third-order valence-corrected chi connectivity index (χ3v) is 3.83. The maximum absolute atomic E-state index is 12.3. The second kappa shape index (κ2) is 6.00. The molecule has 0 aliphatic carbocycles. The van der Waals surface area contributed by atoms with Gasteiger partial charge in [-0.3, -0.25) is 9.36 Å². The largest absolute Gasteiger partial charge is 0.361 e. The normalized spacial score (nSPS) is 10.8. The molecule has 0 saturated heterocycles. The first-order valence-corrected chi connectivity index (χ1v) is 7.59. The van der Waals surface area contributed by atoms with E-state index < -0.39 is 0 Å². The van der Waals surface area contributed by atoms with Gasteiger partial charge in [-0.25, -0.2) is 9.97 Å². The van der Waals surface area contributed by atoms with Crippen LogP contribution < -0.4 is 5.32 Å². The number of para-hydroxylation sites is 1. The Morgan fingerprint density at radius 1 is 1.21 bits per heavy atom. The van der Waals surface area contributed by atoms with Crippen molar-refractivity contribution in [2.75, 3.05) is 5.32 Å². The summed E-state index contributed by atoms with van der Waals surface area (Å²) in [6.07, 6.45) is 9.02. The molecule has 0 fully saturated rings.